The average molecular weight is 627 g/mol. The molecule has 0 fully saturated rings. The van der Waals surface area contributed by atoms with Crippen LogP contribution in [0.5, 0.6) is 11.5 Å². The van der Waals surface area contributed by atoms with E-state index in [2.05, 4.69) is 0 Å². The summed E-state index contributed by atoms with van der Waals surface area (Å²) in [6.45, 7) is 0. The number of hydrogen-bond donors (Lipinski definition) is 0. The van der Waals surface area contributed by atoms with Crippen LogP contribution in [0.4, 0.5) is 17.1 Å². The van der Waals surface area contributed by atoms with Crippen LogP contribution in [0.1, 0.15) is 17.8 Å². The summed E-state index contributed by atoms with van der Waals surface area (Å²) in [7, 11) is 0. The van der Waals surface area contributed by atoms with Gasteiger partial charge in [-0.25, -0.2) is 0 Å². The van der Waals surface area contributed by atoms with Crippen LogP contribution >= 0.6 is 0 Å². The molecule has 48 heavy (non-hydrogen) atoms. The van der Waals surface area contributed by atoms with Gasteiger partial charge in [-0.3, -0.25) is 0 Å². The fourth-order valence-electron chi connectivity index (χ4n) is 6.04. The zero-order chi connectivity index (χ0) is 43.2. The van der Waals surface area contributed by atoms with Gasteiger partial charge in [0.15, 0.2) is 0 Å². The Kier molecular flexibility index (Phi) is 4.29. The summed E-state index contributed by atoms with van der Waals surface area (Å²) in [5.41, 5.74) is 3.09. The molecule has 0 amide bonds. The summed E-state index contributed by atoms with van der Waals surface area (Å²) in [6, 6.07) is 25.9. The van der Waals surface area contributed by atoms with Crippen molar-refractivity contribution in [1.82, 2.24) is 0 Å². The van der Waals surface area contributed by atoms with Crippen molar-refractivity contribution in [2.75, 3.05) is 4.90 Å². The SMILES string of the molecule is [2H]c1c([2H])c([2H])c2c(c1[2H])Oc1c([2H])c([2H])c3c([2H])c([2H])c([2H])c([2H])c3c1-c1c([2H])c([2H])c(N(c3ccc(-c4ccccc4)cc3)c3cccc(-c4ccccc4)c3)c([2H])c1-2. The molecule has 0 saturated carbocycles. The van der Waals surface area contributed by atoms with E-state index in [4.69, 9.17) is 17.1 Å². The van der Waals surface area contributed by atoms with E-state index in [-0.39, 0.29) is 38.7 Å². The molecule has 0 radical (unpaired) electrons. The summed E-state index contributed by atoms with van der Waals surface area (Å²) < 4.78 is 124. The second-order valence-corrected chi connectivity index (χ2v) is 11.1. The van der Waals surface area contributed by atoms with Crippen molar-refractivity contribution in [3.63, 3.8) is 0 Å². The summed E-state index contributed by atoms with van der Waals surface area (Å²) >= 11 is 0. The predicted molar refractivity (Wildman–Crippen MR) is 200 cm³/mol. The smallest absolute Gasteiger partial charge is 0.135 e. The number of ether oxygens (including phenoxy) is 1. The highest BCUT2D eigenvalue weighted by atomic mass is 16.5. The number of nitrogens with zero attached hydrogens (tertiary/aromatic N) is 1. The van der Waals surface area contributed by atoms with Gasteiger partial charge < -0.3 is 9.64 Å². The van der Waals surface area contributed by atoms with E-state index in [0.29, 0.717) is 11.4 Å². The fourth-order valence-corrected chi connectivity index (χ4v) is 6.04. The molecule has 1 heterocycles. The monoisotopic (exact) mass is 626 g/mol. The van der Waals surface area contributed by atoms with Crippen molar-refractivity contribution in [1.29, 1.82) is 0 Å². The third kappa shape index (κ3) is 4.92. The van der Waals surface area contributed by atoms with Crippen LogP contribution in [0.25, 0.3) is 55.3 Å². The lowest BCUT2D eigenvalue weighted by Gasteiger charge is -2.27. The third-order valence-electron chi connectivity index (χ3n) is 8.29. The Labute approximate surface area is 299 Å². The Morgan fingerprint density at radius 2 is 1.12 bits per heavy atom. The number of anilines is 3. The van der Waals surface area contributed by atoms with Crippen molar-refractivity contribution >= 4 is 27.8 Å². The number of rotatable bonds is 5. The zero-order valence-electron chi connectivity index (χ0n) is 38.2. The van der Waals surface area contributed by atoms with Crippen molar-refractivity contribution < 1.29 is 22.6 Å². The summed E-state index contributed by atoms with van der Waals surface area (Å²) in [5.74, 6) is -1.03. The van der Waals surface area contributed by atoms with Crippen LogP contribution in [0.3, 0.4) is 0 Å². The highest BCUT2D eigenvalue weighted by Gasteiger charge is 2.24. The van der Waals surface area contributed by atoms with E-state index in [9.17, 15) is 5.48 Å². The van der Waals surface area contributed by atoms with Crippen molar-refractivity contribution in [3.8, 4) is 56.0 Å². The second kappa shape index (κ2) is 11.8. The Balaban J connectivity index is 1.44. The van der Waals surface area contributed by atoms with Gasteiger partial charge in [0.2, 0.25) is 0 Å². The lowest BCUT2D eigenvalue weighted by Crippen LogP contribution is -2.10. The van der Waals surface area contributed by atoms with E-state index >= 15 is 0 Å². The van der Waals surface area contributed by atoms with Crippen LogP contribution in [-0.2, 0) is 0 Å². The Morgan fingerprint density at radius 1 is 0.438 bits per heavy atom. The van der Waals surface area contributed by atoms with Gasteiger partial charge in [0, 0.05) is 28.2 Å². The molecule has 8 aromatic carbocycles. The summed E-state index contributed by atoms with van der Waals surface area (Å²) in [4.78, 5) is 1.63. The molecule has 226 valence electrons. The topological polar surface area (TPSA) is 12.5 Å². The molecule has 0 unspecified atom stereocenters. The molecule has 2 heteroatoms. The van der Waals surface area contributed by atoms with Gasteiger partial charge in [-0.2, -0.15) is 0 Å². The molecule has 0 aromatic heterocycles. The van der Waals surface area contributed by atoms with E-state index in [1.807, 2.05) is 103 Å². The van der Waals surface area contributed by atoms with Crippen molar-refractivity contribution in [2.45, 2.75) is 0 Å². The summed E-state index contributed by atoms with van der Waals surface area (Å²) in [5, 5.41) is -0.690. The van der Waals surface area contributed by atoms with Crippen LogP contribution in [0, 0.1) is 0 Å². The van der Waals surface area contributed by atoms with Crippen LogP contribution in [0.2, 0.25) is 0 Å². The molecule has 1 aliphatic heterocycles. The third-order valence-corrected chi connectivity index (χ3v) is 8.29. The largest absolute Gasteiger partial charge is 0.456 e. The Hall–Kier alpha value is -6.38. The predicted octanol–water partition coefficient (Wildman–Crippen LogP) is 13.1. The van der Waals surface area contributed by atoms with Gasteiger partial charge in [-0.1, -0.05) is 139 Å². The molecule has 0 bridgehead atoms. The van der Waals surface area contributed by atoms with E-state index < -0.39 is 90.1 Å². The maximum Gasteiger partial charge on any atom is 0.135 e. The van der Waals surface area contributed by atoms with Crippen LogP contribution < -0.4 is 9.64 Å². The molecule has 0 N–H and O–H groups in total. The average Bonchev–Trinajstić information content (AvgIpc) is 3.44. The Bertz CT molecular complexity index is 3140. The lowest BCUT2D eigenvalue weighted by atomic mass is 9.90. The normalized spacial score (nSPS) is 15.3. The number of fused-ring (bicyclic) bond motifs is 7. The maximum absolute atomic E-state index is 10.1. The maximum atomic E-state index is 10.1. The van der Waals surface area contributed by atoms with Gasteiger partial charge in [0.1, 0.15) is 11.5 Å². The minimum atomic E-state index is -0.693. The lowest BCUT2D eigenvalue weighted by molar-refractivity contribution is 0.488. The highest BCUT2D eigenvalue weighted by molar-refractivity contribution is 6.05. The van der Waals surface area contributed by atoms with E-state index in [1.165, 1.54) is 0 Å². The molecule has 1 aliphatic rings. The van der Waals surface area contributed by atoms with E-state index in [0.717, 1.165) is 22.3 Å². The minimum Gasteiger partial charge on any atom is -0.456 e. The number of benzene rings is 8. The molecule has 9 rings (SSSR count). The second-order valence-electron chi connectivity index (χ2n) is 11.1. The first-order chi connectivity index (χ1) is 29.2. The van der Waals surface area contributed by atoms with E-state index in [1.54, 1.807) is 11.0 Å². The minimum absolute atomic E-state index is 0.141. The molecule has 8 aromatic rings. The van der Waals surface area contributed by atoms with Gasteiger partial charge >= 0.3 is 0 Å². The summed E-state index contributed by atoms with van der Waals surface area (Å²) in [6.07, 6.45) is 0. The van der Waals surface area contributed by atoms with Crippen LogP contribution in [-0.4, -0.2) is 0 Å². The molecule has 2 nitrogen and oxygen atoms in total. The zero-order valence-corrected chi connectivity index (χ0v) is 25.2. The molecular formula is C46H31NO. The Morgan fingerprint density at radius 3 is 1.94 bits per heavy atom. The first kappa shape index (κ1) is 17.5. The highest BCUT2D eigenvalue weighted by Crippen LogP contribution is 2.51. The molecule has 0 aliphatic carbocycles. The van der Waals surface area contributed by atoms with Gasteiger partial charge in [-0.05, 0) is 92.6 Å². The van der Waals surface area contributed by atoms with Gasteiger partial charge in [-0.15, -0.1) is 0 Å². The molecule has 0 atom stereocenters. The number of para-hydroxylation sites is 1. The molecule has 0 spiro atoms. The first-order valence-corrected chi connectivity index (χ1v) is 15.3. The first-order valence-electron chi connectivity index (χ1n) is 21.8. The standard InChI is InChI=1S/C46H31NO/c1-3-12-32(13-4-1)34-22-25-37(26-23-34)47(38-18-11-17-36(30-38)33-14-5-2-6-15-33)39-27-28-42-43(31-39)41-20-9-10-21-44(41)48-45-29-24-35-16-7-8-19-40(35)46(42)45/h1-31H/i7D,8D,9D,10D,16D,19D,20D,21D,24D,27D,28D,29D,31D. The molecule has 0 saturated heterocycles. The fraction of sp³-hybridized carbons (Fsp3) is 0. The van der Waals surface area contributed by atoms with Crippen LogP contribution in [0.15, 0.2) is 188 Å². The quantitative estimate of drug-likeness (QED) is 0.188. The van der Waals surface area contributed by atoms with Gasteiger partial charge in [0.05, 0.1) is 17.8 Å². The van der Waals surface area contributed by atoms with Gasteiger partial charge in [0.25, 0.3) is 0 Å². The number of hydrogen-bond acceptors (Lipinski definition) is 2. The molecular weight excluding hydrogens is 583 g/mol. The van der Waals surface area contributed by atoms with Crippen molar-refractivity contribution in [2.24, 2.45) is 0 Å². The van der Waals surface area contributed by atoms with Crippen molar-refractivity contribution in [3.05, 3.63) is 188 Å².